The Morgan fingerprint density at radius 3 is 2.33 bits per heavy atom. The van der Waals surface area contributed by atoms with Crippen molar-refractivity contribution in [3.05, 3.63) is 66.2 Å². The SMILES string of the molecule is CCOc1ccc(NC(=O)c2cc(-c3ccccc3)sc2NC(C)=O)cc1. The van der Waals surface area contributed by atoms with E-state index in [1.807, 2.05) is 37.3 Å². The van der Waals surface area contributed by atoms with E-state index in [2.05, 4.69) is 10.6 Å². The van der Waals surface area contributed by atoms with Gasteiger partial charge in [-0.2, -0.15) is 0 Å². The predicted molar refractivity (Wildman–Crippen MR) is 110 cm³/mol. The summed E-state index contributed by atoms with van der Waals surface area (Å²) in [6.45, 7) is 3.93. The maximum atomic E-state index is 12.8. The van der Waals surface area contributed by atoms with Crippen molar-refractivity contribution in [2.24, 2.45) is 0 Å². The Kier molecular flexibility index (Phi) is 5.88. The number of anilines is 2. The zero-order valence-corrected chi connectivity index (χ0v) is 15.9. The Labute approximate surface area is 162 Å². The Bertz CT molecular complexity index is 934. The molecular weight excluding hydrogens is 360 g/mol. The van der Waals surface area contributed by atoms with E-state index >= 15 is 0 Å². The maximum Gasteiger partial charge on any atom is 0.258 e. The molecule has 1 heterocycles. The lowest BCUT2D eigenvalue weighted by Gasteiger charge is -2.08. The summed E-state index contributed by atoms with van der Waals surface area (Å²) in [5.74, 6) is 0.254. The first-order chi connectivity index (χ1) is 13.1. The highest BCUT2D eigenvalue weighted by Crippen LogP contribution is 2.36. The Balaban J connectivity index is 1.86. The molecule has 0 saturated heterocycles. The molecule has 27 heavy (non-hydrogen) atoms. The van der Waals surface area contributed by atoms with Crippen molar-refractivity contribution in [1.29, 1.82) is 0 Å². The number of ether oxygens (including phenoxy) is 1. The van der Waals surface area contributed by atoms with Crippen molar-refractivity contribution in [3.63, 3.8) is 0 Å². The molecule has 0 bridgehead atoms. The largest absolute Gasteiger partial charge is 0.494 e. The number of thiophene rings is 1. The van der Waals surface area contributed by atoms with Gasteiger partial charge in [-0.1, -0.05) is 30.3 Å². The normalized spacial score (nSPS) is 10.3. The van der Waals surface area contributed by atoms with Crippen LogP contribution in [0.1, 0.15) is 24.2 Å². The van der Waals surface area contributed by atoms with Crippen molar-refractivity contribution in [2.75, 3.05) is 17.2 Å². The van der Waals surface area contributed by atoms with Gasteiger partial charge in [-0.15, -0.1) is 11.3 Å². The second-order valence-electron chi connectivity index (χ2n) is 5.81. The van der Waals surface area contributed by atoms with Crippen LogP contribution in [0, 0.1) is 0 Å². The number of carbonyl (C=O) groups excluding carboxylic acids is 2. The monoisotopic (exact) mass is 380 g/mol. The summed E-state index contributed by atoms with van der Waals surface area (Å²) in [5, 5.41) is 6.15. The summed E-state index contributed by atoms with van der Waals surface area (Å²) in [6, 6.07) is 18.7. The molecule has 0 saturated carbocycles. The Hall–Kier alpha value is -3.12. The number of benzene rings is 2. The Morgan fingerprint density at radius 2 is 1.70 bits per heavy atom. The molecule has 0 radical (unpaired) electrons. The third-order valence-electron chi connectivity index (χ3n) is 3.75. The van der Waals surface area contributed by atoms with Crippen LogP contribution in [-0.4, -0.2) is 18.4 Å². The highest BCUT2D eigenvalue weighted by molar-refractivity contribution is 7.20. The van der Waals surface area contributed by atoms with Crippen LogP contribution in [-0.2, 0) is 4.79 Å². The van der Waals surface area contributed by atoms with Gasteiger partial charge in [0.15, 0.2) is 0 Å². The topological polar surface area (TPSA) is 67.4 Å². The van der Waals surface area contributed by atoms with E-state index in [0.29, 0.717) is 22.9 Å². The maximum absolute atomic E-state index is 12.8. The lowest BCUT2D eigenvalue weighted by molar-refractivity contribution is -0.114. The van der Waals surface area contributed by atoms with Gasteiger partial charge < -0.3 is 15.4 Å². The van der Waals surface area contributed by atoms with Gasteiger partial charge in [-0.05, 0) is 42.8 Å². The van der Waals surface area contributed by atoms with Crippen molar-refractivity contribution in [2.45, 2.75) is 13.8 Å². The number of hydrogen-bond donors (Lipinski definition) is 2. The summed E-state index contributed by atoms with van der Waals surface area (Å²) in [6.07, 6.45) is 0. The number of rotatable bonds is 6. The van der Waals surface area contributed by atoms with Gasteiger partial charge in [0.05, 0.1) is 12.2 Å². The molecule has 0 aliphatic carbocycles. The molecule has 3 rings (SSSR count). The number of carbonyl (C=O) groups is 2. The second kappa shape index (κ2) is 8.51. The minimum absolute atomic E-state index is 0.216. The van der Waals surface area contributed by atoms with E-state index in [0.717, 1.165) is 16.2 Å². The molecule has 0 aliphatic rings. The fourth-order valence-electron chi connectivity index (χ4n) is 2.56. The van der Waals surface area contributed by atoms with Crippen molar-refractivity contribution < 1.29 is 14.3 Å². The van der Waals surface area contributed by atoms with Gasteiger partial charge in [0.25, 0.3) is 5.91 Å². The molecule has 2 N–H and O–H groups in total. The highest BCUT2D eigenvalue weighted by Gasteiger charge is 2.18. The molecule has 2 amide bonds. The van der Waals surface area contributed by atoms with Gasteiger partial charge in [0, 0.05) is 17.5 Å². The fourth-order valence-corrected chi connectivity index (χ4v) is 3.66. The summed E-state index contributed by atoms with van der Waals surface area (Å²) in [4.78, 5) is 25.2. The first kappa shape index (κ1) is 18.7. The zero-order valence-electron chi connectivity index (χ0n) is 15.1. The van der Waals surface area contributed by atoms with Crippen LogP contribution >= 0.6 is 11.3 Å². The summed E-state index contributed by atoms with van der Waals surface area (Å²) in [5.41, 5.74) is 2.09. The second-order valence-corrected chi connectivity index (χ2v) is 6.86. The fraction of sp³-hybridized carbons (Fsp3) is 0.143. The van der Waals surface area contributed by atoms with Crippen molar-refractivity contribution >= 4 is 33.8 Å². The van der Waals surface area contributed by atoms with E-state index in [9.17, 15) is 9.59 Å². The molecular formula is C21H20N2O3S. The van der Waals surface area contributed by atoms with E-state index < -0.39 is 0 Å². The first-order valence-corrected chi connectivity index (χ1v) is 9.39. The lowest BCUT2D eigenvalue weighted by atomic mass is 10.1. The van der Waals surface area contributed by atoms with Gasteiger partial charge in [-0.3, -0.25) is 9.59 Å². The number of amides is 2. The lowest BCUT2D eigenvalue weighted by Crippen LogP contribution is -2.14. The number of nitrogens with one attached hydrogen (secondary N) is 2. The van der Waals surface area contributed by atoms with Gasteiger partial charge >= 0.3 is 0 Å². The van der Waals surface area contributed by atoms with Crippen molar-refractivity contribution in [3.8, 4) is 16.2 Å². The molecule has 1 aromatic heterocycles. The summed E-state index contributed by atoms with van der Waals surface area (Å²) < 4.78 is 5.41. The van der Waals surface area contributed by atoms with Crippen molar-refractivity contribution in [1.82, 2.24) is 0 Å². The van der Waals surface area contributed by atoms with Crippen LogP contribution < -0.4 is 15.4 Å². The van der Waals surface area contributed by atoms with Gasteiger partial charge in [0.2, 0.25) is 5.91 Å². The van der Waals surface area contributed by atoms with E-state index in [1.54, 1.807) is 30.3 Å². The smallest absolute Gasteiger partial charge is 0.258 e. The third-order valence-corrected chi connectivity index (χ3v) is 4.85. The average molecular weight is 380 g/mol. The van der Waals surface area contributed by atoms with E-state index in [1.165, 1.54) is 18.3 Å². The van der Waals surface area contributed by atoms with Crippen LogP contribution in [0.2, 0.25) is 0 Å². The van der Waals surface area contributed by atoms with Crippen LogP contribution in [0.15, 0.2) is 60.7 Å². The van der Waals surface area contributed by atoms with E-state index in [-0.39, 0.29) is 11.8 Å². The minimum Gasteiger partial charge on any atom is -0.494 e. The molecule has 0 atom stereocenters. The van der Waals surface area contributed by atoms with Crippen LogP contribution in [0.25, 0.3) is 10.4 Å². The molecule has 0 fully saturated rings. The highest BCUT2D eigenvalue weighted by atomic mass is 32.1. The molecule has 2 aromatic carbocycles. The van der Waals surface area contributed by atoms with Gasteiger partial charge in [0.1, 0.15) is 10.8 Å². The van der Waals surface area contributed by atoms with E-state index in [4.69, 9.17) is 4.74 Å². The Morgan fingerprint density at radius 1 is 1.00 bits per heavy atom. The van der Waals surface area contributed by atoms with Crippen LogP contribution in [0.4, 0.5) is 10.7 Å². The molecule has 0 aliphatic heterocycles. The van der Waals surface area contributed by atoms with Crippen LogP contribution in [0.3, 0.4) is 0 Å². The summed E-state index contributed by atoms with van der Waals surface area (Å²) >= 11 is 1.38. The minimum atomic E-state index is -0.277. The third kappa shape index (κ3) is 4.74. The molecule has 3 aromatic rings. The number of hydrogen-bond acceptors (Lipinski definition) is 4. The first-order valence-electron chi connectivity index (χ1n) is 8.58. The molecule has 5 nitrogen and oxygen atoms in total. The average Bonchev–Trinajstić information content (AvgIpc) is 3.07. The zero-order chi connectivity index (χ0) is 19.2. The molecule has 0 unspecified atom stereocenters. The molecule has 6 heteroatoms. The van der Waals surface area contributed by atoms with Crippen LogP contribution in [0.5, 0.6) is 5.75 Å². The molecule has 0 spiro atoms. The molecule has 138 valence electrons. The quantitative estimate of drug-likeness (QED) is 0.631. The summed E-state index contributed by atoms with van der Waals surface area (Å²) in [7, 11) is 0. The standard InChI is InChI=1S/C21H20N2O3S/c1-3-26-17-11-9-16(10-12-17)23-20(25)18-13-19(15-7-5-4-6-8-15)27-21(18)22-14(2)24/h4-13H,3H2,1-2H3,(H,22,24)(H,23,25). The predicted octanol–water partition coefficient (Wildman–Crippen LogP) is 5.02. The van der Waals surface area contributed by atoms with Gasteiger partial charge in [-0.25, -0.2) is 0 Å².